The van der Waals surface area contributed by atoms with Gasteiger partial charge in [0.1, 0.15) is 0 Å². The lowest BCUT2D eigenvalue weighted by Gasteiger charge is -2.18. The van der Waals surface area contributed by atoms with Crippen LogP contribution in [0, 0.1) is 0 Å². The van der Waals surface area contributed by atoms with Gasteiger partial charge in [-0.15, -0.1) is 0 Å². The molecule has 4 N–H and O–H groups in total. The van der Waals surface area contributed by atoms with Crippen molar-refractivity contribution in [2.24, 2.45) is 0 Å². The summed E-state index contributed by atoms with van der Waals surface area (Å²) in [4.78, 5) is 13.1. The third kappa shape index (κ3) is 14.3. The number of pyridine rings is 2. The van der Waals surface area contributed by atoms with E-state index in [9.17, 15) is 0 Å². The molecule has 2 aromatic rings. The predicted molar refractivity (Wildman–Crippen MR) is 126 cm³/mol. The molecule has 0 aliphatic carbocycles. The van der Waals surface area contributed by atoms with Crippen molar-refractivity contribution in [3.05, 3.63) is 60.2 Å². The number of nitrogens with zero attached hydrogens (tertiary/aromatic N) is 4. The summed E-state index contributed by atoms with van der Waals surface area (Å²) in [6.07, 6.45) is 12.8. The van der Waals surface area contributed by atoms with Gasteiger partial charge in [-0.2, -0.15) is 16.8 Å². The van der Waals surface area contributed by atoms with E-state index in [1.807, 2.05) is 36.9 Å². The summed E-state index contributed by atoms with van der Waals surface area (Å²) in [7, 11) is -4.96. The third-order valence-corrected chi connectivity index (χ3v) is 5.18. The molecular weight excluding hydrogens is 488 g/mol. The second kappa shape index (κ2) is 14.4. The van der Waals surface area contributed by atoms with Crippen molar-refractivity contribution in [3.8, 4) is 0 Å². The third-order valence-electron chi connectivity index (χ3n) is 5.18. The molecule has 12 nitrogen and oxygen atoms in total. The van der Waals surface area contributed by atoms with E-state index in [1.54, 1.807) is 0 Å². The number of likely N-dealkylation sites (tertiary alicyclic amines) is 2. The smallest absolute Gasteiger partial charge is 0.299 e. The first-order valence-corrected chi connectivity index (χ1v) is 13.1. The normalized spacial score (nSPS) is 20.8. The van der Waals surface area contributed by atoms with Gasteiger partial charge < -0.3 is 0 Å². The Hall–Kier alpha value is -2.04. The van der Waals surface area contributed by atoms with Crippen LogP contribution < -0.4 is 0 Å². The summed E-state index contributed by atoms with van der Waals surface area (Å²) in [5.74, 6) is 0. The van der Waals surface area contributed by atoms with Crippen LogP contribution >= 0.6 is 0 Å². The molecule has 192 valence electrons. The summed E-state index contributed by atoms with van der Waals surface area (Å²) >= 11 is 0. The number of hydrogen-bond donors (Lipinski definition) is 4. The molecule has 4 rings (SSSR count). The Morgan fingerprint density at radius 1 is 0.735 bits per heavy atom. The van der Waals surface area contributed by atoms with Crippen molar-refractivity contribution in [1.29, 1.82) is 0 Å². The van der Waals surface area contributed by atoms with Crippen LogP contribution in [-0.2, 0) is 20.8 Å². The molecule has 0 saturated carbocycles. The van der Waals surface area contributed by atoms with Crippen LogP contribution in [0.1, 0.15) is 48.9 Å². The largest absolute Gasteiger partial charge is 0.394 e. The standard InChI is InChI=1S/2C10H14N2.2H2O4S/c2*1-12-7-3-5-10(12)9-4-2-6-11-8-9;2*1-5(2,3)4/h2*2,4,6,8,10H,3,5,7H2,1H3;2*(H2,1,2,3,4). The minimum Gasteiger partial charge on any atom is -0.299 e. The van der Waals surface area contributed by atoms with E-state index in [4.69, 9.17) is 35.0 Å². The SMILES string of the molecule is CN1CCCC1c1cccnc1.CN1CCCC1c1cccnc1.O=S(=O)(O)O.O=S(=O)(O)O. The molecule has 0 bridgehead atoms. The van der Waals surface area contributed by atoms with Crippen molar-refractivity contribution in [2.75, 3.05) is 27.2 Å². The Balaban J connectivity index is 0.000000248. The molecule has 2 saturated heterocycles. The molecule has 0 amide bonds. The molecule has 2 unspecified atom stereocenters. The summed E-state index contributed by atoms with van der Waals surface area (Å²) in [6, 6.07) is 9.58. The van der Waals surface area contributed by atoms with Crippen molar-refractivity contribution in [2.45, 2.75) is 37.8 Å². The number of aromatic nitrogens is 2. The molecular formula is C20H32N4O8S2. The highest BCUT2D eigenvalue weighted by Gasteiger charge is 2.22. The summed E-state index contributed by atoms with van der Waals surface area (Å²) in [5.41, 5.74) is 2.72. The fourth-order valence-electron chi connectivity index (χ4n) is 3.81. The number of hydrogen-bond acceptors (Lipinski definition) is 8. The Morgan fingerprint density at radius 2 is 1.06 bits per heavy atom. The Kier molecular flexibility index (Phi) is 12.7. The minimum atomic E-state index is -4.67. The van der Waals surface area contributed by atoms with Crippen molar-refractivity contribution in [3.63, 3.8) is 0 Å². The van der Waals surface area contributed by atoms with Crippen molar-refractivity contribution in [1.82, 2.24) is 19.8 Å². The fourth-order valence-corrected chi connectivity index (χ4v) is 3.81. The second-order valence-electron chi connectivity index (χ2n) is 7.75. The lowest BCUT2D eigenvalue weighted by molar-refractivity contribution is 0.317. The molecule has 0 spiro atoms. The zero-order valence-corrected chi connectivity index (χ0v) is 20.7. The zero-order valence-electron chi connectivity index (χ0n) is 19.0. The van der Waals surface area contributed by atoms with Gasteiger partial charge in [0.25, 0.3) is 0 Å². The first-order valence-electron chi connectivity index (χ1n) is 10.4. The molecule has 2 aliphatic rings. The molecule has 0 aromatic carbocycles. The Bertz CT molecular complexity index is 939. The summed E-state index contributed by atoms with van der Waals surface area (Å²) in [6.45, 7) is 2.44. The maximum atomic E-state index is 8.74. The zero-order chi connectivity index (χ0) is 25.8. The monoisotopic (exact) mass is 520 g/mol. The van der Waals surface area contributed by atoms with Gasteiger partial charge in [-0.25, -0.2) is 0 Å². The van der Waals surface area contributed by atoms with Crippen LogP contribution in [0.4, 0.5) is 0 Å². The fraction of sp³-hybridized carbons (Fsp3) is 0.500. The predicted octanol–water partition coefficient (Wildman–Crippen LogP) is 2.39. The topological polar surface area (TPSA) is 181 Å². The molecule has 2 aliphatic heterocycles. The van der Waals surface area contributed by atoms with Gasteiger partial charge in [0.05, 0.1) is 0 Å². The Labute approximate surface area is 200 Å². The number of rotatable bonds is 2. The second-order valence-corrected chi connectivity index (χ2v) is 9.54. The van der Waals surface area contributed by atoms with Gasteiger partial charge >= 0.3 is 20.8 Å². The highest BCUT2D eigenvalue weighted by atomic mass is 32.3. The van der Waals surface area contributed by atoms with Gasteiger partial charge in [0.15, 0.2) is 0 Å². The maximum Gasteiger partial charge on any atom is 0.394 e. The van der Waals surface area contributed by atoms with Crippen LogP contribution in [0.25, 0.3) is 0 Å². The van der Waals surface area contributed by atoms with E-state index in [1.165, 1.54) is 49.9 Å². The summed E-state index contributed by atoms with van der Waals surface area (Å²) < 4.78 is 63.2. The van der Waals surface area contributed by atoms with E-state index in [0.717, 1.165) is 0 Å². The first-order chi connectivity index (χ1) is 15.8. The van der Waals surface area contributed by atoms with E-state index in [0.29, 0.717) is 12.1 Å². The first kappa shape index (κ1) is 30.0. The lowest BCUT2D eigenvalue weighted by Crippen LogP contribution is -2.17. The van der Waals surface area contributed by atoms with Crippen molar-refractivity contribution >= 4 is 20.8 Å². The highest BCUT2D eigenvalue weighted by Crippen LogP contribution is 2.30. The molecule has 34 heavy (non-hydrogen) atoms. The van der Waals surface area contributed by atoms with Gasteiger partial charge in [-0.1, -0.05) is 12.1 Å². The molecule has 2 fully saturated rings. The van der Waals surface area contributed by atoms with Crippen molar-refractivity contribution < 1.29 is 35.0 Å². The molecule has 2 atom stereocenters. The minimum absolute atomic E-state index is 0.610. The highest BCUT2D eigenvalue weighted by molar-refractivity contribution is 7.80. The molecule has 0 radical (unpaired) electrons. The average Bonchev–Trinajstić information content (AvgIpc) is 3.35. The van der Waals surface area contributed by atoms with Gasteiger partial charge in [-0.3, -0.25) is 38.0 Å². The van der Waals surface area contributed by atoms with Crippen LogP contribution in [0.15, 0.2) is 49.1 Å². The Morgan fingerprint density at radius 3 is 1.26 bits per heavy atom. The lowest BCUT2D eigenvalue weighted by atomic mass is 10.1. The van der Waals surface area contributed by atoms with Crippen LogP contribution in [0.2, 0.25) is 0 Å². The average molecular weight is 521 g/mol. The van der Waals surface area contributed by atoms with E-state index < -0.39 is 20.8 Å². The van der Waals surface area contributed by atoms with Gasteiger partial charge in [-0.05, 0) is 76.1 Å². The van der Waals surface area contributed by atoms with E-state index in [2.05, 4.69) is 46.0 Å². The maximum absolute atomic E-state index is 8.74. The van der Waals surface area contributed by atoms with Crippen LogP contribution in [0.3, 0.4) is 0 Å². The quantitative estimate of drug-likeness (QED) is 0.425. The molecule has 4 heterocycles. The summed E-state index contributed by atoms with van der Waals surface area (Å²) in [5, 5.41) is 0. The van der Waals surface area contributed by atoms with Gasteiger partial charge in [0, 0.05) is 36.9 Å². The van der Waals surface area contributed by atoms with Crippen LogP contribution in [0.5, 0.6) is 0 Å². The van der Waals surface area contributed by atoms with Crippen LogP contribution in [-0.4, -0.2) is 82.0 Å². The molecule has 2 aromatic heterocycles. The van der Waals surface area contributed by atoms with E-state index in [-0.39, 0.29) is 0 Å². The van der Waals surface area contributed by atoms with Gasteiger partial charge in [0.2, 0.25) is 0 Å². The van der Waals surface area contributed by atoms with E-state index >= 15 is 0 Å². The molecule has 14 heteroatoms.